The summed E-state index contributed by atoms with van der Waals surface area (Å²) in [5.74, 6) is 1.60. The molecule has 1 aliphatic heterocycles. The van der Waals surface area contributed by atoms with Crippen LogP contribution in [0.4, 0.5) is 11.4 Å². The van der Waals surface area contributed by atoms with Crippen LogP contribution in [-0.4, -0.2) is 19.5 Å². The van der Waals surface area contributed by atoms with Gasteiger partial charge in [-0.15, -0.1) is 0 Å². The van der Waals surface area contributed by atoms with Gasteiger partial charge < -0.3 is 20.1 Å². The van der Waals surface area contributed by atoms with Crippen molar-refractivity contribution in [3.63, 3.8) is 0 Å². The minimum atomic E-state index is -0.246. The lowest BCUT2D eigenvalue weighted by atomic mass is 9.78. The molecule has 0 saturated carbocycles. The van der Waals surface area contributed by atoms with Gasteiger partial charge in [-0.3, -0.25) is 4.79 Å². The van der Waals surface area contributed by atoms with Crippen LogP contribution in [0.3, 0.4) is 0 Å². The van der Waals surface area contributed by atoms with Gasteiger partial charge in [0.25, 0.3) is 0 Å². The van der Waals surface area contributed by atoms with Crippen molar-refractivity contribution in [2.24, 2.45) is 0 Å². The molecular formula is C34H32N2O3. The molecule has 0 fully saturated rings. The number of ketones is 1. The number of para-hydroxylation sites is 2. The number of hydrogen-bond acceptors (Lipinski definition) is 5. The number of fused-ring (bicyclic) bond motifs is 1. The summed E-state index contributed by atoms with van der Waals surface area (Å²) in [5, 5.41) is 7.31. The predicted octanol–water partition coefficient (Wildman–Crippen LogP) is 7.74. The summed E-state index contributed by atoms with van der Waals surface area (Å²) in [6, 6.07) is 32.8. The van der Waals surface area contributed by atoms with E-state index in [0.717, 1.165) is 51.5 Å². The fraction of sp³-hybridized carbons (Fsp3) is 0.206. The van der Waals surface area contributed by atoms with Crippen LogP contribution in [-0.2, 0) is 4.79 Å². The quantitative estimate of drug-likeness (QED) is 0.274. The van der Waals surface area contributed by atoms with E-state index in [0.29, 0.717) is 18.8 Å². The number of methoxy groups -OCH3 is 1. The Balaban J connectivity index is 1.38. The molecule has 4 aromatic carbocycles. The lowest BCUT2D eigenvalue weighted by molar-refractivity contribution is -0.116. The van der Waals surface area contributed by atoms with Crippen molar-refractivity contribution in [2.75, 3.05) is 24.4 Å². The Morgan fingerprint density at radius 3 is 2.21 bits per heavy atom. The molecule has 5 heteroatoms. The number of Topliss-reactive ketones (excluding diaryl/α,β-unsaturated/α-hetero) is 1. The van der Waals surface area contributed by atoms with Crippen LogP contribution in [0.25, 0.3) is 11.1 Å². The number of nitrogens with one attached hydrogen (secondary N) is 2. The Bertz CT molecular complexity index is 1530. The van der Waals surface area contributed by atoms with Crippen molar-refractivity contribution in [3.8, 4) is 22.6 Å². The van der Waals surface area contributed by atoms with Gasteiger partial charge in [0, 0.05) is 17.7 Å². The topological polar surface area (TPSA) is 59.6 Å². The summed E-state index contributed by atoms with van der Waals surface area (Å²) in [7, 11) is 1.65. The largest absolute Gasteiger partial charge is 0.493 e. The smallest absolute Gasteiger partial charge is 0.163 e. The van der Waals surface area contributed by atoms with E-state index < -0.39 is 0 Å². The highest BCUT2D eigenvalue weighted by molar-refractivity contribution is 6.01. The molecular weight excluding hydrogens is 484 g/mol. The van der Waals surface area contributed by atoms with Crippen LogP contribution >= 0.6 is 0 Å². The van der Waals surface area contributed by atoms with E-state index in [4.69, 9.17) is 9.47 Å². The van der Waals surface area contributed by atoms with Crippen LogP contribution in [0.5, 0.6) is 11.5 Å². The minimum absolute atomic E-state index is 0.0414. The lowest BCUT2D eigenvalue weighted by Crippen LogP contribution is -2.26. The van der Waals surface area contributed by atoms with Gasteiger partial charge in [-0.1, -0.05) is 72.8 Å². The Kier molecular flexibility index (Phi) is 6.80. The monoisotopic (exact) mass is 516 g/mol. The van der Waals surface area contributed by atoms with E-state index in [-0.39, 0.29) is 17.7 Å². The molecule has 0 radical (unpaired) electrons. The Hall–Kier alpha value is -4.51. The number of carbonyl (C=O) groups excluding carboxylic acids is 1. The van der Waals surface area contributed by atoms with Crippen LogP contribution in [0, 0.1) is 0 Å². The molecule has 39 heavy (non-hydrogen) atoms. The van der Waals surface area contributed by atoms with Gasteiger partial charge in [0.2, 0.25) is 0 Å². The van der Waals surface area contributed by atoms with Crippen LogP contribution < -0.4 is 20.1 Å². The first-order valence-electron chi connectivity index (χ1n) is 13.5. The number of anilines is 2. The molecule has 0 saturated heterocycles. The van der Waals surface area contributed by atoms with E-state index >= 15 is 0 Å². The van der Waals surface area contributed by atoms with Crippen molar-refractivity contribution in [2.45, 2.75) is 31.7 Å². The lowest BCUT2D eigenvalue weighted by Gasteiger charge is -2.30. The standard InChI is InChI=1S/C34H32N2O3/c1-3-39-31-18-17-25(21-32(31)38-2)26-19-29-33(30(37)20-26)34(36-28-12-8-7-11-27(28)35-29)24-15-13-23(14-16-24)22-9-5-4-6-10-22/h4-18,21,26,34-36H,3,19-20H2,1-2H3. The van der Waals surface area contributed by atoms with E-state index in [9.17, 15) is 4.79 Å². The molecule has 2 aliphatic rings. The third-order valence-corrected chi connectivity index (χ3v) is 7.62. The van der Waals surface area contributed by atoms with Crippen LogP contribution in [0.1, 0.15) is 42.9 Å². The van der Waals surface area contributed by atoms with Crippen molar-refractivity contribution in [1.82, 2.24) is 0 Å². The average molecular weight is 517 g/mol. The fourth-order valence-corrected chi connectivity index (χ4v) is 5.69. The van der Waals surface area contributed by atoms with Crippen molar-refractivity contribution in [3.05, 3.63) is 119 Å². The SMILES string of the molecule is CCOc1ccc(C2CC(=O)C3=C(C2)Nc2ccccc2NC3c2ccc(-c3ccccc3)cc2)cc1OC. The molecule has 2 atom stereocenters. The van der Waals surface area contributed by atoms with Gasteiger partial charge >= 0.3 is 0 Å². The molecule has 5 nitrogen and oxygen atoms in total. The van der Waals surface area contributed by atoms with Crippen LogP contribution in [0.15, 0.2) is 108 Å². The second kappa shape index (κ2) is 10.7. The van der Waals surface area contributed by atoms with Crippen LogP contribution in [0.2, 0.25) is 0 Å². The molecule has 6 rings (SSSR count). The molecule has 2 unspecified atom stereocenters. The Morgan fingerprint density at radius 1 is 0.769 bits per heavy atom. The van der Waals surface area contributed by atoms with Gasteiger partial charge in [-0.25, -0.2) is 0 Å². The molecule has 0 aromatic heterocycles. The Labute approximate surface area is 229 Å². The molecule has 0 bridgehead atoms. The number of rotatable bonds is 6. The highest BCUT2D eigenvalue weighted by Crippen LogP contribution is 2.45. The summed E-state index contributed by atoms with van der Waals surface area (Å²) in [4.78, 5) is 13.9. The molecule has 2 N–H and O–H groups in total. The molecule has 196 valence electrons. The predicted molar refractivity (Wildman–Crippen MR) is 156 cm³/mol. The summed E-state index contributed by atoms with van der Waals surface area (Å²) >= 11 is 0. The van der Waals surface area contributed by atoms with Crippen molar-refractivity contribution >= 4 is 17.2 Å². The molecule has 4 aromatic rings. The summed E-state index contributed by atoms with van der Waals surface area (Å²) in [6.07, 6.45) is 1.17. The van der Waals surface area contributed by atoms with E-state index in [1.807, 2.05) is 49.4 Å². The minimum Gasteiger partial charge on any atom is -0.493 e. The number of carbonyl (C=O) groups is 1. The first-order chi connectivity index (χ1) is 19.1. The van der Waals surface area contributed by atoms with Gasteiger partial charge in [0.1, 0.15) is 0 Å². The normalized spacial score (nSPS) is 18.3. The first-order valence-corrected chi connectivity index (χ1v) is 13.5. The van der Waals surface area contributed by atoms with E-state index in [2.05, 4.69) is 65.2 Å². The Morgan fingerprint density at radius 2 is 1.46 bits per heavy atom. The number of benzene rings is 4. The zero-order chi connectivity index (χ0) is 26.8. The van der Waals surface area contributed by atoms with Gasteiger partial charge in [0.05, 0.1) is 31.1 Å². The third kappa shape index (κ3) is 4.88. The zero-order valence-corrected chi connectivity index (χ0v) is 22.2. The zero-order valence-electron chi connectivity index (χ0n) is 22.2. The molecule has 0 spiro atoms. The average Bonchev–Trinajstić information content (AvgIpc) is 3.15. The van der Waals surface area contributed by atoms with E-state index in [1.54, 1.807) is 7.11 Å². The number of hydrogen-bond donors (Lipinski definition) is 2. The van der Waals surface area contributed by atoms with Crippen molar-refractivity contribution < 1.29 is 14.3 Å². The van der Waals surface area contributed by atoms with Gasteiger partial charge in [-0.05, 0) is 65.8 Å². The fourth-order valence-electron chi connectivity index (χ4n) is 5.69. The molecule has 1 aliphatic carbocycles. The second-order valence-corrected chi connectivity index (χ2v) is 10.00. The number of allylic oxidation sites excluding steroid dienone is 1. The first kappa shape index (κ1) is 24.8. The summed E-state index contributed by atoms with van der Waals surface area (Å²) in [6.45, 7) is 2.52. The molecule has 0 amide bonds. The molecule has 1 heterocycles. The maximum atomic E-state index is 13.9. The van der Waals surface area contributed by atoms with Crippen molar-refractivity contribution in [1.29, 1.82) is 0 Å². The number of ether oxygens (including phenoxy) is 2. The maximum Gasteiger partial charge on any atom is 0.163 e. The summed E-state index contributed by atoms with van der Waals surface area (Å²) in [5.41, 5.74) is 8.21. The summed E-state index contributed by atoms with van der Waals surface area (Å²) < 4.78 is 11.3. The van der Waals surface area contributed by atoms with E-state index in [1.165, 1.54) is 5.56 Å². The second-order valence-electron chi connectivity index (χ2n) is 10.00. The highest BCUT2D eigenvalue weighted by atomic mass is 16.5. The third-order valence-electron chi connectivity index (χ3n) is 7.62. The highest BCUT2D eigenvalue weighted by Gasteiger charge is 2.36. The van der Waals surface area contributed by atoms with Gasteiger partial charge in [-0.2, -0.15) is 0 Å². The van der Waals surface area contributed by atoms with Gasteiger partial charge in [0.15, 0.2) is 17.3 Å². The maximum absolute atomic E-state index is 13.9.